The van der Waals surface area contributed by atoms with Gasteiger partial charge < -0.3 is 4.74 Å². The van der Waals surface area contributed by atoms with Crippen LogP contribution in [0.4, 0.5) is 13.2 Å². The maximum atomic E-state index is 12.2. The normalized spacial score (nSPS) is 11.2. The standard InChI is InChI=1S/C8H6F3NO3/c1-15-7(14)5-2-3-6(13)12(4-5)8(9,10)11/h2-4H,1H3. The second-order valence-electron chi connectivity index (χ2n) is 2.59. The Morgan fingerprint density at radius 1 is 1.40 bits per heavy atom. The zero-order valence-electron chi connectivity index (χ0n) is 7.54. The van der Waals surface area contributed by atoms with Crippen LogP contribution in [-0.4, -0.2) is 17.6 Å². The molecule has 1 heterocycles. The molecule has 82 valence electrons. The average molecular weight is 221 g/mol. The predicted octanol–water partition coefficient (Wildman–Crippen LogP) is 1.11. The first kappa shape index (κ1) is 11.3. The fraction of sp³-hybridized carbons (Fsp3) is 0.250. The van der Waals surface area contributed by atoms with Crippen LogP contribution in [0.1, 0.15) is 10.4 Å². The second kappa shape index (κ2) is 3.76. The summed E-state index contributed by atoms with van der Waals surface area (Å²) in [6.45, 7) is 0. The Morgan fingerprint density at radius 3 is 2.47 bits per heavy atom. The Labute approximate surface area is 81.9 Å². The van der Waals surface area contributed by atoms with Gasteiger partial charge in [-0.05, 0) is 6.07 Å². The molecule has 1 aromatic rings. The summed E-state index contributed by atoms with van der Waals surface area (Å²) < 4.78 is 40.4. The summed E-state index contributed by atoms with van der Waals surface area (Å²) in [7, 11) is 1.03. The van der Waals surface area contributed by atoms with Gasteiger partial charge in [0.2, 0.25) is 0 Å². The SMILES string of the molecule is COC(=O)c1ccc(=O)n(C(F)(F)F)c1. The number of carbonyl (C=O) groups excluding carboxylic acids is 1. The molecule has 0 aliphatic rings. The third-order valence-electron chi connectivity index (χ3n) is 1.61. The Hall–Kier alpha value is -1.79. The summed E-state index contributed by atoms with van der Waals surface area (Å²) in [6, 6.07) is 1.62. The number of alkyl halides is 3. The van der Waals surface area contributed by atoms with E-state index in [1.807, 2.05) is 0 Å². The molecule has 0 spiro atoms. The highest BCUT2D eigenvalue weighted by Gasteiger charge is 2.32. The molecule has 0 fully saturated rings. The van der Waals surface area contributed by atoms with Crippen LogP contribution >= 0.6 is 0 Å². The molecule has 1 rings (SSSR count). The highest BCUT2D eigenvalue weighted by atomic mass is 19.4. The van der Waals surface area contributed by atoms with Crippen molar-refractivity contribution in [3.8, 4) is 0 Å². The van der Waals surface area contributed by atoms with Crippen LogP contribution in [-0.2, 0) is 11.0 Å². The molecule has 0 aliphatic heterocycles. The Balaban J connectivity index is 3.29. The minimum Gasteiger partial charge on any atom is -0.465 e. The Kier molecular flexibility index (Phi) is 2.83. The number of ether oxygens (including phenoxy) is 1. The van der Waals surface area contributed by atoms with E-state index in [0.717, 1.165) is 13.2 Å². The number of hydrogen-bond acceptors (Lipinski definition) is 3. The fourth-order valence-electron chi connectivity index (χ4n) is 0.924. The summed E-state index contributed by atoms with van der Waals surface area (Å²) in [5, 5.41) is 0. The van der Waals surface area contributed by atoms with Gasteiger partial charge in [-0.15, -0.1) is 13.2 Å². The van der Waals surface area contributed by atoms with Crippen LogP contribution < -0.4 is 5.56 Å². The zero-order valence-corrected chi connectivity index (χ0v) is 7.54. The molecule has 7 heteroatoms. The van der Waals surface area contributed by atoms with Crippen molar-refractivity contribution in [1.29, 1.82) is 0 Å². The second-order valence-corrected chi connectivity index (χ2v) is 2.59. The summed E-state index contributed by atoms with van der Waals surface area (Å²) in [5.41, 5.74) is -1.59. The molecular formula is C8H6F3NO3. The zero-order chi connectivity index (χ0) is 11.6. The lowest BCUT2D eigenvalue weighted by Gasteiger charge is -2.09. The maximum Gasteiger partial charge on any atom is 0.491 e. The molecule has 1 aromatic heterocycles. The molecule has 0 aliphatic carbocycles. The summed E-state index contributed by atoms with van der Waals surface area (Å²) in [6.07, 6.45) is -4.45. The quantitative estimate of drug-likeness (QED) is 0.667. The van der Waals surface area contributed by atoms with Gasteiger partial charge in [0.15, 0.2) is 0 Å². The highest BCUT2D eigenvalue weighted by molar-refractivity contribution is 5.88. The first-order valence-corrected chi connectivity index (χ1v) is 3.74. The van der Waals surface area contributed by atoms with Crippen LogP contribution in [0, 0.1) is 0 Å². The van der Waals surface area contributed by atoms with Crippen molar-refractivity contribution in [2.45, 2.75) is 6.30 Å². The number of rotatable bonds is 1. The monoisotopic (exact) mass is 221 g/mol. The number of hydrogen-bond donors (Lipinski definition) is 0. The van der Waals surface area contributed by atoms with Crippen molar-refractivity contribution >= 4 is 5.97 Å². The number of pyridine rings is 1. The van der Waals surface area contributed by atoms with Gasteiger partial charge in [-0.25, -0.2) is 9.36 Å². The van der Waals surface area contributed by atoms with Crippen LogP contribution in [0.5, 0.6) is 0 Å². The van der Waals surface area contributed by atoms with E-state index in [2.05, 4.69) is 4.74 Å². The van der Waals surface area contributed by atoms with E-state index < -0.39 is 22.4 Å². The minimum absolute atomic E-state index is 0.338. The molecule has 0 saturated carbocycles. The Morgan fingerprint density at radius 2 is 2.00 bits per heavy atom. The maximum absolute atomic E-state index is 12.2. The molecule has 0 radical (unpaired) electrons. The van der Waals surface area contributed by atoms with Gasteiger partial charge in [0.1, 0.15) is 0 Å². The van der Waals surface area contributed by atoms with Crippen molar-refractivity contribution in [1.82, 2.24) is 4.57 Å². The molecule has 0 saturated heterocycles. The molecular weight excluding hydrogens is 215 g/mol. The molecule has 0 amide bonds. The van der Waals surface area contributed by atoms with E-state index in [1.54, 1.807) is 0 Å². The van der Waals surface area contributed by atoms with Gasteiger partial charge in [-0.2, -0.15) is 0 Å². The van der Waals surface area contributed by atoms with Crippen molar-refractivity contribution < 1.29 is 22.7 Å². The van der Waals surface area contributed by atoms with Gasteiger partial charge >= 0.3 is 12.3 Å². The van der Waals surface area contributed by atoms with Gasteiger partial charge in [-0.3, -0.25) is 4.79 Å². The van der Waals surface area contributed by atoms with E-state index in [1.165, 1.54) is 0 Å². The van der Waals surface area contributed by atoms with E-state index in [0.29, 0.717) is 12.3 Å². The van der Waals surface area contributed by atoms with E-state index in [4.69, 9.17) is 0 Å². The van der Waals surface area contributed by atoms with Gasteiger partial charge in [0.25, 0.3) is 5.56 Å². The van der Waals surface area contributed by atoms with E-state index in [-0.39, 0.29) is 5.56 Å². The molecule has 0 unspecified atom stereocenters. The number of carbonyl (C=O) groups is 1. The number of aromatic nitrogens is 1. The van der Waals surface area contributed by atoms with E-state index >= 15 is 0 Å². The largest absolute Gasteiger partial charge is 0.491 e. The third kappa shape index (κ3) is 2.36. The lowest BCUT2D eigenvalue weighted by Crippen LogP contribution is -2.30. The predicted molar refractivity (Wildman–Crippen MR) is 43.3 cm³/mol. The third-order valence-corrected chi connectivity index (χ3v) is 1.61. The first-order chi connectivity index (χ1) is 6.86. The minimum atomic E-state index is -4.85. The number of nitrogens with zero attached hydrogens (tertiary/aromatic N) is 1. The Bertz CT molecular complexity index is 435. The summed E-state index contributed by atoms with van der Waals surface area (Å²) >= 11 is 0. The fourth-order valence-corrected chi connectivity index (χ4v) is 0.924. The van der Waals surface area contributed by atoms with Gasteiger partial charge in [0, 0.05) is 12.3 Å². The van der Waals surface area contributed by atoms with Crippen LogP contribution in [0.15, 0.2) is 23.1 Å². The molecule has 4 nitrogen and oxygen atoms in total. The topological polar surface area (TPSA) is 48.3 Å². The number of methoxy groups -OCH3 is 1. The molecule has 0 atom stereocenters. The van der Waals surface area contributed by atoms with Crippen molar-refractivity contribution in [3.05, 3.63) is 34.2 Å². The van der Waals surface area contributed by atoms with E-state index in [9.17, 15) is 22.8 Å². The lowest BCUT2D eigenvalue weighted by atomic mass is 10.3. The van der Waals surface area contributed by atoms with Gasteiger partial charge in [-0.1, -0.05) is 0 Å². The molecule has 0 aromatic carbocycles. The van der Waals surface area contributed by atoms with Crippen LogP contribution in [0.2, 0.25) is 0 Å². The molecule has 0 N–H and O–H groups in total. The average Bonchev–Trinajstić information content (AvgIpc) is 2.15. The lowest BCUT2D eigenvalue weighted by molar-refractivity contribution is -0.206. The first-order valence-electron chi connectivity index (χ1n) is 3.74. The van der Waals surface area contributed by atoms with Crippen LogP contribution in [0.25, 0.3) is 0 Å². The molecule has 0 bridgehead atoms. The van der Waals surface area contributed by atoms with Gasteiger partial charge in [0.05, 0.1) is 12.7 Å². The highest BCUT2D eigenvalue weighted by Crippen LogP contribution is 2.19. The van der Waals surface area contributed by atoms with Crippen molar-refractivity contribution in [2.75, 3.05) is 7.11 Å². The summed E-state index contributed by atoms with van der Waals surface area (Å²) in [4.78, 5) is 21.7. The van der Waals surface area contributed by atoms with Crippen molar-refractivity contribution in [3.63, 3.8) is 0 Å². The van der Waals surface area contributed by atoms with Crippen molar-refractivity contribution in [2.24, 2.45) is 0 Å². The number of esters is 1. The summed E-state index contributed by atoms with van der Waals surface area (Å²) in [5.74, 6) is -0.937. The smallest absolute Gasteiger partial charge is 0.465 e. The number of halogens is 3. The molecule has 15 heavy (non-hydrogen) atoms. The van der Waals surface area contributed by atoms with Crippen LogP contribution in [0.3, 0.4) is 0 Å².